The molecule has 0 atom stereocenters. The van der Waals surface area contributed by atoms with Gasteiger partial charge in [0.2, 0.25) is 11.8 Å². The topological polar surface area (TPSA) is 84.9 Å². The van der Waals surface area contributed by atoms with Crippen molar-refractivity contribution in [1.82, 2.24) is 0 Å². The van der Waals surface area contributed by atoms with Crippen molar-refractivity contribution in [2.24, 2.45) is 0 Å². The smallest absolute Gasteiger partial charge is 0.337 e. The first-order valence-corrected chi connectivity index (χ1v) is 8.35. The molecule has 0 spiro atoms. The van der Waals surface area contributed by atoms with E-state index in [-0.39, 0.29) is 24.8 Å². The Hall–Kier alpha value is -3.35. The minimum absolute atomic E-state index is 0.121. The molecule has 0 radical (unpaired) electrons. The van der Waals surface area contributed by atoms with E-state index >= 15 is 0 Å². The van der Waals surface area contributed by atoms with Crippen LogP contribution in [0.4, 0.5) is 11.4 Å². The van der Waals surface area contributed by atoms with Crippen molar-refractivity contribution >= 4 is 29.2 Å². The van der Waals surface area contributed by atoms with Crippen LogP contribution >= 0.6 is 0 Å². The predicted octanol–water partition coefficient (Wildman–Crippen LogP) is 2.86. The molecule has 0 saturated heterocycles. The fourth-order valence-electron chi connectivity index (χ4n) is 2.50. The van der Waals surface area contributed by atoms with Gasteiger partial charge in [-0.3, -0.25) is 9.59 Å². The van der Waals surface area contributed by atoms with Crippen LogP contribution in [-0.4, -0.2) is 38.5 Å². The van der Waals surface area contributed by atoms with Gasteiger partial charge in [0.25, 0.3) is 0 Å². The number of methoxy groups -OCH3 is 2. The van der Waals surface area contributed by atoms with Crippen LogP contribution in [0.2, 0.25) is 0 Å². The van der Waals surface area contributed by atoms with E-state index in [9.17, 15) is 14.4 Å². The molecule has 0 aliphatic carbocycles. The Bertz CT molecular complexity index is 817. The summed E-state index contributed by atoms with van der Waals surface area (Å²) in [6.45, 7) is 1.64. The average Bonchev–Trinajstić information content (AvgIpc) is 2.67. The maximum Gasteiger partial charge on any atom is 0.337 e. The molecule has 0 bridgehead atoms. The lowest BCUT2D eigenvalue weighted by Gasteiger charge is -2.21. The largest absolute Gasteiger partial charge is 0.497 e. The van der Waals surface area contributed by atoms with Gasteiger partial charge >= 0.3 is 5.97 Å². The molecule has 0 aromatic heterocycles. The molecule has 7 heteroatoms. The number of ether oxygens (including phenoxy) is 2. The molecule has 2 amide bonds. The van der Waals surface area contributed by atoms with Crippen LogP contribution in [0.3, 0.4) is 0 Å². The highest BCUT2D eigenvalue weighted by Crippen LogP contribution is 2.18. The van der Waals surface area contributed by atoms with Crippen molar-refractivity contribution in [1.29, 1.82) is 0 Å². The quantitative estimate of drug-likeness (QED) is 0.758. The maximum atomic E-state index is 12.2. The van der Waals surface area contributed by atoms with E-state index in [4.69, 9.17) is 4.74 Å². The number of carbonyl (C=O) groups excluding carboxylic acids is 3. The molecule has 0 saturated carbocycles. The normalized spacial score (nSPS) is 10.0. The highest BCUT2D eigenvalue weighted by molar-refractivity contribution is 5.95. The highest BCUT2D eigenvalue weighted by atomic mass is 16.5. The summed E-state index contributed by atoms with van der Waals surface area (Å²) in [5.74, 6) is -0.229. The molecule has 0 aliphatic rings. The molecule has 2 aromatic carbocycles. The lowest BCUT2D eigenvalue weighted by atomic mass is 10.2. The molecule has 27 heavy (non-hydrogen) atoms. The van der Waals surface area contributed by atoms with Gasteiger partial charge in [-0.05, 0) is 36.4 Å². The Labute approximate surface area is 157 Å². The Morgan fingerprint density at radius 3 is 2.33 bits per heavy atom. The van der Waals surface area contributed by atoms with Crippen LogP contribution in [0.5, 0.6) is 5.75 Å². The van der Waals surface area contributed by atoms with Gasteiger partial charge in [0.1, 0.15) is 5.75 Å². The second-order valence-electron chi connectivity index (χ2n) is 5.74. The van der Waals surface area contributed by atoms with Crippen LogP contribution in [-0.2, 0) is 14.3 Å². The van der Waals surface area contributed by atoms with Gasteiger partial charge in [-0.2, -0.15) is 0 Å². The summed E-state index contributed by atoms with van der Waals surface area (Å²) in [6.07, 6.45) is 0.121. The number of carbonyl (C=O) groups is 3. The number of amides is 2. The summed E-state index contributed by atoms with van der Waals surface area (Å²) in [5.41, 5.74) is 1.61. The zero-order valence-electron chi connectivity index (χ0n) is 15.5. The fraction of sp³-hybridized carbons (Fsp3) is 0.250. The molecule has 2 rings (SSSR count). The number of hydrogen-bond acceptors (Lipinski definition) is 5. The first-order chi connectivity index (χ1) is 12.9. The first-order valence-electron chi connectivity index (χ1n) is 8.35. The van der Waals surface area contributed by atoms with E-state index in [0.29, 0.717) is 22.7 Å². The Morgan fingerprint density at radius 2 is 1.74 bits per heavy atom. The monoisotopic (exact) mass is 370 g/mol. The minimum Gasteiger partial charge on any atom is -0.497 e. The van der Waals surface area contributed by atoms with Crippen LogP contribution in [0.1, 0.15) is 23.7 Å². The van der Waals surface area contributed by atoms with Gasteiger partial charge < -0.3 is 19.7 Å². The predicted molar refractivity (Wildman–Crippen MR) is 102 cm³/mol. The summed E-state index contributed by atoms with van der Waals surface area (Å²) in [6, 6.07) is 13.5. The van der Waals surface area contributed by atoms with Gasteiger partial charge in [0.05, 0.1) is 19.8 Å². The van der Waals surface area contributed by atoms with Crippen LogP contribution in [0.15, 0.2) is 48.5 Å². The SMILES string of the molecule is COC(=O)c1ccc(N(CCC(=O)Nc2cccc(OC)c2)C(C)=O)cc1. The van der Waals surface area contributed by atoms with Crippen molar-refractivity contribution in [3.8, 4) is 5.75 Å². The second kappa shape index (κ2) is 9.38. The highest BCUT2D eigenvalue weighted by Gasteiger charge is 2.15. The summed E-state index contributed by atoms with van der Waals surface area (Å²) in [5, 5.41) is 2.78. The van der Waals surface area contributed by atoms with Crippen LogP contribution < -0.4 is 15.0 Å². The van der Waals surface area contributed by atoms with Crippen LogP contribution in [0.25, 0.3) is 0 Å². The number of hydrogen-bond donors (Lipinski definition) is 1. The summed E-state index contributed by atoms with van der Waals surface area (Å²) < 4.78 is 9.78. The number of nitrogens with one attached hydrogen (secondary N) is 1. The van der Waals surface area contributed by atoms with Gasteiger partial charge in [0.15, 0.2) is 0 Å². The zero-order chi connectivity index (χ0) is 19.8. The molecular weight excluding hydrogens is 348 g/mol. The van der Waals surface area contributed by atoms with Crippen molar-refractivity contribution < 1.29 is 23.9 Å². The number of benzene rings is 2. The molecule has 142 valence electrons. The van der Waals surface area contributed by atoms with Crippen LogP contribution in [0, 0.1) is 0 Å². The number of esters is 1. The van der Waals surface area contributed by atoms with E-state index in [2.05, 4.69) is 10.1 Å². The molecule has 1 N–H and O–H groups in total. The minimum atomic E-state index is -0.450. The van der Waals surface area contributed by atoms with Crippen molar-refractivity contribution in [2.45, 2.75) is 13.3 Å². The number of anilines is 2. The standard InChI is InChI=1S/C20H22N2O5/c1-14(23)22(17-9-7-15(8-10-17)20(25)27-3)12-11-19(24)21-16-5-4-6-18(13-16)26-2/h4-10,13H,11-12H2,1-3H3,(H,21,24). The Morgan fingerprint density at radius 1 is 1.04 bits per heavy atom. The van der Waals surface area contributed by atoms with Gasteiger partial charge in [0, 0.05) is 37.3 Å². The lowest BCUT2D eigenvalue weighted by molar-refractivity contribution is -0.117. The second-order valence-corrected chi connectivity index (χ2v) is 5.74. The third-order valence-electron chi connectivity index (χ3n) is 3.90. The Balaban J connectivity index is 2.00. The summed E-state index contributed by atoms with van der Waals surface area (Å²) >= 11 is 0. The van der Waals surface area contributed by atoms with E-state index in [1.165, 1.54) is 18.9 Å². The maximum absolute atomic E-state index is 12.2. The lowest BCUT2D eigenvalue weighted by Crippen LogP contribution is -2.32. The van der Waals surface area contributed by atoms with Crippen molar-refractivity contribution in [3.63, 3.8) is 0 Å². The third kappa shape index (κ3) is 5.57. The number of nitrogens with zero attached hydrogens (tertiary/aromatic N) is 1. The molecular formula is C20H22N2O5. The molecule has 0 heterocycles. The Kier molecular flexibility index (Phi) is 6.93. The number of rotatable bonds is 7. The van der Waals surface area contributed by atoms with E-state index < -0.39 is 5.97 Å². The molecule has 7 nitrogen and oxygen atoms in total. The van der Waals surface area contributed by atoms with E-state index in [1.807, 2.05) is 0 Å². The fourth-order valence-corrected chi connectivity index (χ4v) is 2.50. The molecule has 0 unspecified atom stereocenters. The first kappa shape index (κ1) is 20.0. The summed E-state index contributed by atoms with van der Waals surface area (Å²) in [7, 11) is 2.86. The van der Waals surface area contributed by atoms with Crippen molar-refractivity contribution in [3.05, 3.63) is 54.1 Å². The van der Waals surface area contributed by atoms with Gasteiger partial charge in [-0.15, -0.1) is 0 Å². The third-order valence-corrected chi connectivity index (χ3v) is 3.90. The molecule has 0 fully saturated rings. The molecule has 2 aromatic rings. The van der Waals surface area contributed by atoms with Crippen molar-refractivity contribution in [2.75, 3.05) is 31.0 Å². The zero-order valence-corrected chi connectivity index (χ0v) is 15.5. The summed E-state index contributed by atoms with van der Waals surface area (Å²) in [4.78, 5) is 37.1. The van der Waals surface area contributed by atoms with Gasteiger partial charge in [-0.25, -0.2) is 4.79 Å². The average molecular weight is 370 g/mol. The van der Waals surface area contributed by atoms with E-state index in [1.54, 1.807) is 55.6 Å². The van der Waals surface area contributed by atoms with Gasteiger partial charge in [-0.1, -0.05) is 6.07 Å². The molecule has 0 aliphatic heterocycles. The van der Waals surface area contributed by atoms with E-state index in [0.717, 1.165) is 0 Å².